The van der Waals surface area contributed by atoms with Gasteiger partial charge < -0.3 is 35.9 Å². The van der Waals surface area contributed by atoms with Gasteiger partial charge in [0.25, 0.3) is 0 Å². The van der Waals surface area contributed by atoms with Crippen molar-refractivity contribution in [1.29, 1.82) is 5.41 Å². The number of aromatic nitrogens is 2. The molecule has 1 atom stereocenters. The summed E-state index contributed by atoms with van der Waals surface area (Å²) in [6, 6.07) is 5.94. The summed E-state index contributed by atoms with van der Waals surface area (Å²) in [5.41, 5.74) is 8.06. The highest BCUT2D eigenvalue weighted by molar-refractivity contribution is 5.88. The monoisotopic (exact) mass is 501 g/mol. The van der Waals surface area contributed by atoms with E-state index in [0.717, 1.165) is 11.1 Å². The predicted molar refractivity (Wildman–Crippen MR) is 138 cm³/mol. The number of nitrogens with two attached hydrogens (primary N) is 1. The number of hydrogen-bond acceptors (Lipinski definition) is 10. The smallest absolute Gasteiger partial charge is 0.320 e. The van der Waals surface area contributed by atoms with Crippen LogP contribution >= 0.6 is 0 Å². The number of alkyl halides is 1. The minimum Gasteiger partial charge on any atom is -0.467 e. The molecule has 1 unspecified atom stereocenters. The van der Waals surface area contributed by atoms with Crippen molar-refractivity contribution in [2.45, 2.75) is 38.1 Å². The summed E-state index contributed by atoms with van der Waals surface area (Å²) < 4.78 is 25.7. The Morgan fingerprint density at radius 3 is 2.72 bits per heavy atom. The number of benzene rings is 1. The molecule has 3 heterocycles. The molecule has 11 heteroatoms. The first-order valence-electron chi connectivity index (χ1n) is 12.2. The van der Waals surface area contributed by atoms with E-state index in [4.69, 9.17) is 20.6 Å². The molecule has 36 heavy (non-hydrogen) atoms. The summed E-state index contributed by atoms with van der Waals surface area (Å²) in [5, 5.41) is 21.2. The van der Waals surface area contributed by atoms with E-state index in [1.165, 1.54) is 13.3 Å². The Kier molecular flexibility index (Phi) is 8.04. The normalized spacial score (nSPS) is 17.9. The van der Waals surface area contributed by atoms with Crippen molar-refractivity contribution in [3.63, 3.8) is 0 Å². The van der Waals surface area contributed by atoms with Crippen molar-refractivity contribution in [1.82, 2.24) is 14.9 Å². The molecule has 10 nitrogen and oxygen atoms in total. The quantitative estimate of drug-likeness (QED) is 0.320. The van der Waals surface area contributed by atoms with Crippen molar-refractivity contribution in [2.75, 3.05) is 63.3 Å². The molecule has 5 N–H and O–H groups in total. The second-order valence-electron chi connectivity index (χ2n) is 9.86. The van der Waals surface area contributed by atoms with E-state index in [0.29, 0.717) is 68.8 Å². The zero-order chi connectivity index (χ0) is 25.9. The van der Waals surface area contributed by atoms with Gasteiger partial charge >= 0.3 is 6.01 Å². The highest BCUT2D eigenvalue weighted by Gasteiger charge is 2.37. The molecular weight excluding hydrogens is 465 g/mol. The number of nitrogens with one attached hydrogen (secondary N) is 2. The van der Waals surface area contributed by atoms with Gasteiger partial charge in [-0.05, 0) is 37.1 Å². The number of nitrogens with zero attached hydrogens (tertiary/aromatic N) is 4. The van der Waals surface area contributed by atoms with Crippen LogP contribution in [0.3, 0.4) is 0 Å². The van der Waals surface area contributed by atoms with Crippen LogP contribution in [0.1, 0.15) is 23.6 Å². The minimum absolute atomic E-state index is 0.189. The Labute approximate surface area is 211 Å². The molecule has 2 aliphatic rings. The number of rotatable bonds is 12. The summed E-state index contributed by atoms with van der Waals surface area (Å²) >= 11 is 0. The number of anilines is 3. The maximum Gasteiger partial charge on any atom is 0.320 e. The van der Waals surface area contributed by atoms with Crippen LogP contribution in [0.15, 0.2) is 18.2 Å². The average Bonchev–Trinajstić information content (AvgIpc) is 2.78. The molecule has 0 aliphatic carbocycles. The zero-order valence-corrected chi connectivity index (χ0v) is 21.1. The van der Waals surface area contributed by atoms with Gasteiger partial charge in [-0.15, -0.1) is 0 Å². The van der Waals surface area contributed by atoms with Gasteiger partial charge in [0, 0.05) is 62.7 Å². The first kappa shape index (κ1) is 26.2. The Balaban J connectivity index is 1.53. The van der Waals surface area contributed by atoms with Crippen molar-refractivity contribution in [3.05, 3.63) is 34.9 Å². The van der Waals surface area contributed by atoms with Crippen LogP contribution in [-0.2, 0) is 11.2 Å². The van der Waals surface area contributed by atoms with Crippen LogP contribution < -0.4 is 20.7 Å². The largest absolute Gasteiger partial charge is 0.467 e. The van der Waals surface area contributed by atoms with Gasteiger partial charge in [-0.25, -0.2) is 4.39 Å². The number of hydrogen-bond donors (Lipinski definition) is 4. The van der Waals surface area contributed by atoms with Crippen LogP contribution in [0.2, 0.25) is 0 Å². The summed E-state index contributed by atoms with van der Waals surface area (Å²) in [5.74, 6) is 1.11. The van der Waals surface area contributed by atoms with Crippen LogP contribution in [0.5, 0.6) is 6.01 Å². The van der Waals surface area contributed by atoms with Crippen molar-refractivity contribution in [3.8, 4) is 6.01 Å². The van der Waals surface area contributed by atoms with E-state index in [2.05, 4.69) is 20.2 Å². The van der Waals surface area contributed by atoms with Crippen LogP contribution in [0, 0.1) is 12.3 Å². The fourth-order valence-electron chi connectivity index (χ4n) is 4.61. The predicted octanol–water partition coefficient (Wildman–Crippen LogP) is 1.65. The number of aliphatic hydroxyl groups is 1. The van der Waals surface area contributed by atoms with Crippen molar-refractivity contribution < 1.29 is 19.0 Å². The molecule has 196 valence electrons. The number of halogens is 1. The molecule has 0 spiro atoms. The Hall–Kier alpha value is -2.86. The third-order valence-corrected chi connectivity index (χ3v) is 6.62. The first-order chi connectivity index (χ1) is 17.2. The maximum atomic E-state index is 15.2. The van der Waals surface area contributed by atoms with Crippen LogP contribution in [-0.4, -0.2) is 97.1 Å². The molecule has 2 aromatic rings. The number of aryl methyl sites for hydroxylation is 1. The summed E-state index contributed by atoms with van der Waals surface area (Å²) in [6.07, 6.45) is 0.436. The van der Waals surface area contributed by atoms with E-state index >= 15 is 4.39 Å². The fourth-order valence-corrected chi connectivity index (χ4v) is 4.61. The second kappa shape index (κ2) is 11.0. The van der Waals surface area contributed by atoms with Gasteiger partial charge in [0.15, 0.2) is 0 Å². The Bertz CT molecular complexity index is 1070. The van der Waals surface area contributed by atoms with Crippen molar-refractivity contribution in [2.24, 2.45) is 5.73 Å². The van der Waals surface area contributed by atoms with Gasteiger partial charge in [0.2, 0.25) is 0 Å². The highest BCUT2D eigenvalue weighted by Crippen LogP contribution is 2.31. The van der Waals surface area contributed by atoms with Gasteiger partial charge in [0.05, 0.1) is 32.0 Å². The van der Waals surface area contributed by atoms with Gasteiger partial charge in [-0.1, -0.05) is 0 Å². The Morgan fingerprint density at radius 1 is 1.39 bits per heavy atom. The molecule has 2 aliphatic heterocycles. The molecule has 4 rings (SSSR count). The summed E-state index contributed by atoms with van der Waals surface area (Å²) in [6.45, 7) is 7.27. The van der Waals surface area contributed by atoms with E-state index in [1.54, 1.807) is 13.0 Å². The second-order valence-corrected chi connectivity index (χ2v) is 9.86. The first-order valence-corrected chi connectivity index (χ1v) is 12.2. The zero-order valence-electron chi connectivity index (χ0n) is 21.1. The van der Waals surface area contributed by atoms with E-state index in [1.807, 2.05) is 24.0 Å². The van der Waals surface area contributed by atoms with Gasteiger partial charge in [-0.2, -0.15) is 9.97 Å². The minimum atomic E-state index is -1.07. The molecule has 1 aromatic heterocycles. The SMILES string of the molecule is COc1nc(Nc2cc(CC(F)CN(CCN)C3COC3)c(C)cc2C=N)cc(N2CC(C)(O)C2)n1. The number of β-amino-alcohol motifs (C(OH)–C–C–N with tert-alkyl or cyclic N) is 1. The summed E-state index contributed by atoms with van der Waals surface area (Å²) in [4.78, 5) is 12.8. The molecule has 1 aromatic carbocycles. The number of ether oxygens (including phenoxy) is 2. The van der Waals surface area contributed by atoms with E-state index in [9.17, 15) is 5.11 Å². The standard InChI is InChI=1S/C25H36FN7O3/c1-16-6-18(10-28)21(8-17(16)7-19(26)11-32(5-4-27)20-12-36-13-20)29-22-9-23(31-24(30-22)35-3)33-14-25(2,34)15-33/h6,8-10,19-20,28,34H,4-5,7,11-15,27H2,1-3H3,(H,29,30,31). The molecule has 0 radical (unpaired) electrons. The van der Waals surface area contributed by atoms with Gasteiger partial charge in [-0.3, -0.25) is 4.90 Å². The molecular formula is C25H36FN7O3. The van der Waals surface area contributed by atoms with Gasteiger partial charge in [0.1, 0.15) is 17.8 Å². The van der Waals surface area contributed by atoms with Crippen LogP contribution in [0.4, 0.5) is 21.7 Å². The Morgan fingerprint density at radius 2 is 2.14 bits per heavy atom. The van der Waals surface area contributed by atoms with Crippen molar-refractivity contribution >= 4 is 23.5 Å². The lowest BCUT2D eigenvalue weighted by molar-refractivity contribution is -0.0692. The lowest BCUT2D eigenvalue weighted by Crippen LogP contribution is -2.60. The third-order valence-electron chi connectivity index (χ3n) is 6.62. The summed E-state index contributed by atoms with van der Waals surface area (Å²) in [7, 11) is 1.49. The lowest BCUT2D eigenvalue weighted by Gasteiger charge is -2.44. The topological polar surface area (TPSA) is 133 Å². The highest BCUT2D eigenvalue weighted by atomic mass is 19.1. The molecule has 0 amide bonds. The van der Waals surface area contributed by atoms with E-state index in [-0.39, 0.29) is 18.5 Å². The number of methoxy groups -OCH3 is 1. The molecule has 0 bridgehead atoms. The third kappa shape index (κ3) is 6.09. The average molecular weight is 502 g/mol. The molecule has 0 saturated carbocycles. The molecule has 2 saturated heterocycles. The lowest BCUT2D eigenvalue weighted by atomic mass is 9.97. The molecule has 2 fully saturated rings. The maximum absolute atomic E-state index is 15.2. The fraction of sp³-hybridized carbons (Fsp3) is 0.560. The van der Waals surface area contributed by atoms with E-state index < -0.39 is 11.8 Å². The van der Waals surface area contributed by atoms with Crippen LogP contribution in [0.25, 0.3) is 0 Å².